The van der Waals surface area contributed by atoms with Crippen molar-refractivity contribution in [3.63, 3.8) is 0 Å². The molecule has 0 N–H and O–H groups in total. The Morgan fingerprint density at radius 1 is 0.957 bits per heavy atom. The van der Waals surface area contributed by atoms with Crippen molar-refractivity contribution < 1.29 is 73.5 Å². The summed E-state index contributed by atoms with van der Waals surface area (Å²) in [6.45, 7) is -5.11. The van der Waals surface area contributed by atoms with Gasteiger partial charge in [0.05, 0.1) is 0 Å². The smallest absolute Gasteiger partial charge is 0.486 e. The second-order valence-corrected chi connectivity index (χ2v) is 5.51. The molecule has 0 fully saturated rings. The van der Waals surface area contributed by atoms with Crippen LogP contribution in [0.4, 0.5) is 17.3 Å². The predicted molar refractivity (Wildman–Crippen MR) is 77.9 cm³/mol. The molecule has 0 spiro atoms. The van der Waals surface area contributed by atoms with E-state index in [-0.39, 0.29) is 63.7 Å². The Hall–Kier alpha value is -0.339. The maximum atomic E-state index is 13.6. The van der Waals surface area contributed by atoms with Crippen LogP contribution in [0.3, 0.4) is 0 Å². The summed E-state index contributed by atoms with van der Waals surface area (Å²) in [5, 5.41) is 0. The number of fused-ring (bicyclic) bond motifs is 1. The predicted octanol–water partition coefficient (Wildman–Crippen LogP) is 0.952. The minimum Gasteiger partial charge on any atom is -0.486 e. The minimum atomic E-state index is -5.16. The van der Waals surface area contributed by atoms with Crippen molar-refractivity contribution in [3.05, 3.63) is 58.9 Å². The van der Waals surface area contributed by atoms with Gasteiger partial charge in [-0.1, -0.05) is 24.3 Å². The first-order chi connectivity index (χ1) is 10.4. The van der Waals surface area contributed by atoms with Crippen LogP contribution in [0.5, 0.6) is 5.75 Å². The maximum absolute atomic E-state index is 13.6. The van der Waals surface area contributed by atoms with Crippen LogP contribution in [0.15, 0.2) is 36.4 Å². The van der Waals surface area contributed by atoms with E-state index < -0.39 is 18.3 Å². The van der Waals surface area contributed by atoms with Gasteiger partial charge in [0, 0.05) is 0 Å². The van der Waals surface area contributed by atoms with E-state index in [0.29, 0.717) is 0 Å². The van der Waals surface area contributed by atoms with Gasteiger partial charge in [0.25, 0.3) is 0 Å². The van der Waals surface area contributed by atoms with E-state index in [1.54, 1.807) is 0 Å². The largest absolute Gasteiger partial charge is 1.00 e. The molecule has 1 nitrogen and oxygen atoms in total. The quantitative estimate of drug-likeness (QED) is 0.591. The molecule has 3 rings (SSSR count). The van der Waals surface area contributed by atoms with Gasteiger partial charge in [-0.05, 0) is 48.1 Å². The Morgan fingerprint density at radius 3 is 2.43 bits per heavy atom. The van der Waals surface area contributed by atoms with E-state index in [1.165, 1.54) is 11.1 Å². The molecule has 1 aliphatic rings. The number of hydrogen-bond donors (Lipinski definition) is 0. The summed E-state index contributed by atoms with van der Waals surface area (Å²) in [4.78, 5) is 0. The molecule has 0 atom stereocenters. The molecular formula is C16H14BF4KO. The van der Waals surface area contributed by atoms with Crippen LogP contribution >= 0.6 is 0 Å². The molecule has 0 saturated heterocycles. The van der Waals surface area contributed by atoms with Crippen LogP contribution in [0.1, 0.15) is 23.1 Å². The van der Waals surface area contributed by atoms with E-state index in [4.69, 9.17) is 4.74 Å². The monoisotopic (exact) mass is 348 g/mol. The fourth-order valence-corrected chi connectivity index (χ4v) is 2.71. The van der Waals surface area contributed by atoms with Crippen LogP contribution < -0.4 is 61.6 Å². The molecular weight excluding hydrogens is 334 g/mol. The molecule has 0 aromatic heterocycles. The second-order valence-electron chi connectivity index (χ2n) is 5.51. The third kappa shape index (κ3) is 4.60. The first-order valence-corrected chi connectivity index (χ1v) is 7.16. The molecule has 0 saturated carbocycles. The van der Waals surface area contributed by atoms with Crippen molar-refractivity contribution >= 4 is 12.4 Å². The standard InChI is InChI=1S/C16H14BF4O.K/c18-15-7-6-14(17(19,20)21)9-16(15)22-10-11-4-5-12-2-1-3-13(12)8-11;/h4-9H,1-3,10H2;/q-1;+1. The zero-order chi connectivity index (χ0) is 15.7. The number of ether oxygens (including phenoxy) is 1. The van der Waals surface area contributed by atoms with Gasteiger partial charge in [0.2, 0.25) is 0 Å². The number of aryl methyl sites for hydroxylation is 2. The van der Waals surface area contributed by atoms with Crippen LogP contribution in [-0.2, 0) is 19.4 Å². The number of benzene rings is 2. The number of rotatable bonds is 4. The molecule has 7 heteroatoms. The van der Waals surface area contributed by atoms with E-state index in [2.05, 4.69) is 0 Å². The first-order valence-electron chi connectivity index (χ1n) is 7.16. The summed E-state index contributed by atoms with van der Waals surface area (Å²) in [6.07, 6.45) is 3.18. The molecule has 0 amide bonds. The molecule has 1 aliphatic carbocycles. The summed E-state index contributed by atoms with van der Waals surface area (Å²) in [6, 6.07) is 8.12. The van der Waals surface area contributed by atoms with Crippen LogP contribution in [0.25, 0.3) is 0 Å². The number of hydrogen-bond acceptors (Lipinski definition) is 1. The summed E-state index contributed by atoms with van der Waals surface area (Å²) in [5.41, 5.74) is 2.53. The maximum Gasteiger partial charge on any atom is 1.00 e. The summed E-state index contributed by atoms with van der Waals surface area (Å²) in [7, 11) is 0. The summed E-state index contributed by atoms with van der Waals surface area (Å²) in [5.74, 6) is -1.15. The van der Waals surface area contributed by atoms with E-state index in [1.807, 2.05) is 18.2 Å². The Morgan fingerprint density at radius 2 is 1.70 bits per heavy atom. The van der Waals surface area contributed by atoms with Gasteiger partial charge >= 0.3 is 58.4 Å². The fourth-order valence-electron chi connectivity index (χ4n) is 2.71. The van der Waals surface area contributed by atoms with Gasteiger partial charge < -0.3 is 17.7 Å². The molecule has 116 valence electrons. The van der Waals surface area contributed by atoms with Gasteiger partial charge in [-0.25, -0.2) is 4.39 Å². The van der Waals surface area contributed by atoms with Crippen molar-refractivity contribution in [1.82, 2.24) is 0 Å². The van der Waals surface area contributed by atoms with Gasteiger partial charge in [0.1, 0.15) is 6.61 Å². The average Bonchev–Trinajstić information content (AvgIpc) is 2.92. The van der Waals surface area contributed by atoms with Crippen LogP contribution in [-0.4, -0.2) is 6.98 Å². The summed E-state index contributed by atoms with van der Waals surface area (Å²) >= 11 is 0. The second kappa shape index (κ2) is 7.70. The molecule has 0 bridgehead atoms. The van der Waals surface area contributed by atoms with Crippen molar-refractivity contribution in [3.8, 4) is 5.75 Å². The zero-order valence-electron chi connectivity index (χ0n) is 12.8. The molecule has 0 radical (unpaired) electrons. The molecule has 0 aliphatic heterocycles. The van der Waals surface area contributed by atoms with Gasteiger partial charge in [0.15, 0.2) is 11.6 Å². The van der Waals surface area contributed by atoms with Gasteiger partial charge in [-0.2, -0.15) is 0 Å². The molecule has 0 heterocycles. The fraction of sp³-hybridized carbons (Fsp3) is 0.250. The SMILES string of the molecule is Fc1ccc([B-](F)(F)F)cc1OCc1ccc2c(c1)CCC2.[K+]. The van der Waals surface area contributed by atoms with E-state index in [0.717, 1.165) is 43.0 Å². The van der Waals surface area contributed by atoms with Gasteiger partial charge in [-0.15, -0.1) is 5.46 Å². The van der Waals surface area contributed by atoms with Crippen LogP contribution in [0.2, 0.25) is 0 Å². The Kier molecular flexibility index (Phi) is 6.36. The normalized spacial score (nSPS) is 13.4. The van der Waals surface area contributed by atoms with Crippen molar-refractivity contribution in [2.75, 3.05) is 0 Å². The van der Waals surface area contributed by atoms with Gasteiger partial charge in [-0.3, -0.25) is 0 Å². The van der Waals surface area contributed by atoms with Crippen molar-refractivity contribution in [2.24, 2.45) is 0 Å². The van der Waals surface area contributed by atoms with Crippen molar-refractivity contribution in [2.45, 2.75) is 25.9 Å². The molecule has 2 aromatic rings. The molecule has 0 unspecified atom stereocenters. The average molecular weight is 348 g/mol. The first kappa shape index (κ1) is 19.0. The Bertz CT molecular complexity index is 703. The Labute approximate surface area is 174 Å². The molecule has 2 aromatic carbocycles. The third-order valence-corrected chi connectivity index (χ3v) is 3.89. The van der Waals surface area contributed by atoms with E-state index in [9.17, 15) is 17.3 Å². The van der Waals surface area contributed by atoms with E-state index >= 15 is 0 Å². The minimum absolute atomic E-state index is 0. The van der Waals surface area contributed by atoms with Crippen LogP contribution in [0, 0.1) is 5.82 Å². The topological polar surface area (TPSA) is 9.23 Å². The van der Waals surface area contributed by atoms with Crippen molar-refractivity contribution in [1.29, 1.82) is 0 Å². The summed E-state index contributed by atoms with van der Waals surface area (Å²) < 4.78 is 56.9. The zero-order valence-corrected chi connectivity index (χ0v) is 15.9. The Balaban J connectivity index is 0.00000192. The molecule has 23 heavy (non-hydrogen) atoms. The number of halogens is 4. The third-order valence-electron chi connectivity index (χ3n) is 3.89.